The lowest BCUT2D eigenvalue weighted by Crippen LogP contribution is -2.59. The Hall–Kier alpha value is -0.870. The van der Waals surface area contributed by atoms with E-state index in [9.17, 15) is 15.0 Å². The summed E-state index contributed by atoms with van der Waals surface area (Å²) >= 11 is 0. The summed E-state index contributed by atoms with van der Waals surface area (Å²) in [4.78, 5) is 11.6. The average Bonchev–Trinajstić information content (AvgIpc) is 2.59. The molecular formula is C15H22O4. The molecule has 0 aromatic rings. The van der Waals surface area contributed by atoms with Crippen molar-refractivity contribution in [3.8, 4) is 0 Å². The lowest BCUT2D eigenvalue weighted by Gasteiger charge is -2.56. The highest BCUT2D eigenvalue weighted by molar-refractivity contribution is 5.90. The van der Waals surface area contributed by atoms with Crippen molar-refractivity contribution in [2.45, 2.75) is 57.3 Å². The number of fused-ring (bicyclic) bond motifs is 2. The third-order valence-corrected chi connectivity index (χ3v) is 5.78. The van der Waals surface area contributed by atoms with E-state index in [0.29, 0.717) is 31.3 Å². The van der Waals surface area contributed by atoms with Crippen molar-refractivity contribution in [2.75, 3.05) is 0 Å². The minimum absolute atomic E-state index is 0.00218. The van der Waals surface area contributed by atoms with Crippen LogP contribution < -0.4 is 0 Å². The molecule has 106 valence electrons. The first kappa shape index (κ1) is 13.1. The number of aliphatic hydroxyl groups is 2. The molecule has 1 heterocycles. The van der Waals surface area contributed by atoms with Crippen LogP contribution in [0.1, 0.15) is 39.5 Å². The van der Waals surface area contributed by atoms with Crippen molar-refractivity contribution in [1.82, 2.24) is 0 Å². The Balaban J connectivity index is 1.97. The molecule has 1 aliphatic heterocycles. The molecule has 3 fully saturated rings. The fourth-order valence-electron chi connectivity index (χ4n) is 4.51. The van der Waals surface area contributed by atoms with Gasteiger partial charge in [0.25, 0.3) is 0 Å². The Morgan fingerprint density at radius 1 is 1.42 bits per heavy atom. The monoisotopic (exact) mass is 266 g/mol. The van der Waals surface area contributed by atoms with E-state index in [4.69, 9.17) is 4.74 Å². The van der Waals surface area contributed by atoms with Gasteiger partial charge in [0.15, 0.2) is 0 Å². The molecular weight excluding hydrogens is 244 g/mol. The summed E-state index contributed by atoms with van der Waals surface area (Å²) in [6.45, 7) is 7.69. The van der Waals surface area contributed by atoms with Gasteiger partial charge in [0, 0.05) is 16.9 Å². The maximum absolute atomic E-state index is 11.6. The quantitative estimate of drug-likeness (QED) is 0.514. The van der Waals surface area contributed by atoms with Gasteiger partial charge in [-0.1, -0.05) is 13.5 Å². The molecule has 0 unspecified atom stereocenters. The van der Waals surface area contributed by atoms with Gasteiger partial charge in [-0.3, -0.25) is 0 Å². The van der Waals surface area contributed by atoms with Gasteiger partial charge >= 0.3 is 5.97 Å². The van der Waals surface area contributed by atoms with Crippen LogP contribution in [0.5, 0.6) is 0 Å². The molecule has 0 bridgehead atoms. The minimum atomic E-state index is -0.787. The van der Waals surface area contributed by atoms with Gasteiger partial charge in [0.05, 0.1) is 11.7 Å². The smallest absolute Gasteiger partial charge is 0.334 e. The third-order valence-electron chi connectivity index (χ3n) is 5.78. The fraction of sp³-hybridized carbons (Fsp3) is 0.800. The standard InChI is InChI=1S/C15H22O4/c1-8-9-6-11-14(2,7-10(9)19-13(8)17)12(16)4-5-15(11,3)18/h9-12,16,18H,1,4-7H2,2-3H3/t9-,10+,11-,12-,14-,15+/m0/s1. The molecule has 6 atom stereocenters. The third kappa shape index (κ3) is 1.69. The van der Waals surface area contributed by atoms with E-state index in [-0.39, 0.29) is 29.3 Å². The molecule has 2 saturated carbocycles. The highest BCUT2D eigenvalue weighted by atomic mass is 16.6. The lowest BCUT2D eigenvalue weighted by atomic mass is 9.51. The molecule has 0 radical (unpaired) electrons. The Kier molecular flexibility index (Phi) is 2.64. The van der Waals surface area contributed by atoms with Crippen molar-refractivity contribution in [2.24, 2.45) is 17.3 Å². The summed E-state index contributed by atoms with van der Waals surface area (Å²) in [6.07, 6.45) is 1.88. The van der Waals surface area contributed by atoms with Crippen LogP contribution in [0.25, 0.3) is 0 Å². The maximum atomic E-state index is 11.6. The van der Waals surface area contributed by atoms with Crippen LogP contribution in [-0.2, 0) is 9.53 Å². The van der Waals surface area contributed by atoms with E-state index < -0.39 is 11.7 Å². The molecule has 4 nitrogen and oxygen atoms in total. The molecule has 0 aromatic carbocycles. The van der Waals surface area contributed by atoms with Crippen molar-refractivity contribution in [1.29, 1.82) is 0 Å². The summed E-state index contributed by atoms with van der Waals surface area (Å²) in [6, 6.07) is 0. The van der Waals surface area contributed by atoms with E-state index in [1.807, 2.05) is 13.8 Å². The van der Waals surface area contributed by atoms with E-state index >= 15 is 0 Å². The number of esters is 1. The molecule has 3 aliphatic rings. The molecule has 0 aromatic heterocycles. The topological polar surface area (TPSA) is 66.8 Å². The zero-order valence-electron chi connectivity index (χ0n) is 11.6. The predicted octanol–water partition coefficient (Wildman–Crippen LogP) is 1.41. The van der Waals surface area contributed by atoms with Crippen molar-refractivity contribution in [3.63, 3.8) is 0 Å². The molecule has 19 heavy (non-hydrogen) atoms. The predicted molar refractivity (Wildman–Crippen MR) is 69.2 cm³/mol. The van der Waals surface area contributed by atoms with Crippen LogP contribution in [0.15, 0.2) is 12.2 Å². The number of aliphatic hydroxyl groups excluding tert-OH is 1. The zero-order chi connectivity index (χ0) is 14.0. The summed E-state index contributed by atoms with van der Waals surface area (Å²) in [5.74, 6) is -0.329. The van der Waals surface area contributed by atoms with E-state index in [1.54, 1.807) is 0 Å². The van der Waals surface area contributed by atoms with Crippen LogP contribution in [0.4, 0.5) is 0 Å². The number of hydrogen-bond acceptors (Lipinski definition) is 4. The van der Waals surface area contributed by atoms with Gasteiger partial charge in [-0.15, -0.1) is 0 Å². The summed E-state index contributed by atoms with van der Waals surface area (Å²) < 4.78 is 5.38. The number of hydrogen-bond donors (Lipinski definition) is 2. The van der Waals surface area contributed by atoms with E-state index in [1.165, 1.54) is 0 Å². The van der Waals surface area contributed by atoms with Crippen LogP contribution in [0.3, 0.4) is 0 Å². The highest BCUT2D eigenvalue weighted by Crippen LogP contribution is 2.58. The van der Waals surface area contributed by atoms with Gasteiger partial charge in [-0.25, -0.2) is 4.79 Å². The highest BCUT2D eigenvalue weighted by Gasteiger charge is 2.60. The van der Waals surface area contributed by atoms with Gasteiger partial charge in [-0.2, -0.15) is 0 Å². The Labute approximate surface area is 113 Å². The van der Waals surface area contributed by atoms with Crippen LogP contribution >= 0.6 is 0 Å². The molecule has 2 N–H and O–H groups in total. The molecule has 3 rings (SSSR count). The van der Waals surface area contributed by atoms with Crippen LogP contribution in [-0.4, -0.2) is 34.0 Å². The van der Waals surface area contributed by atoms with Crippen molar-refractivity contribution < 1.29 is 19.7 Å². The van der Waals surface area contributed by atoms with E-state index in [2.05, 4.69) is 6.58 Å². The second-order valence-corrected chi connectivity index (χ2v) is 6.99. The average molecular weight is 266 g/mol. The number of carbonyl (C=O) groups is 1. The first-order chi connectivity index (χ1) is 8.75. The van der Waals surface area contributed by atoms with Crippen molar-refractivity contribution in [3.05, 3.63) is 12.2 Å². The lowest BCUT2D eigenvalue weighted by molar-refractivity contribution is -0.189. The summed E-state index contributed by atoms with van der Waals surface area (Å²) in [5, 5.41) is 21.0. The molecule has 0 amide bonds. The first-order valence-electron chi connectivity index (χ1n) is 7.06. The number of ether oxygens (including phenoxy) is 1. The number of rotatable bonds is 0. The van der Waals surface area contributed by atoms with Gasteiger partial charge in [-0.05, 0) is 38.5 Å². The maximum Gasteiger partial charge on any atom is 0.334 e. The fourth-order valence-corrected chi connectivity index (χ4v) is 4.51. The van der Waals surface area contributed by atoms with Crippen LogP contribution in [0, 0.1) is 17.3 Å². The normalized spacial score (nSPS) is 53.5. The summed E-state index contributed by atoms with van der Waals surface area (Å²) in [7, 11) is 0. The Morgan fingerprint density at radius 3 is 2.79 bits per heavy atom. The van der Waals surface area contributed by atoms with Crippen molar-refractivity contribution >= 4 is 5.97 Å². The first-order valence-corrected chi connectivity index (χ1v) is 7.06. The largest absolute Gasteiger partial charge is 0.458 e. The minimum Gasteiger partial charge on any atom is -0.458 e. The molecule has 2 aliphatic carbocycles. The second kappa shape index (κ2) is 3.83. The van der Waals surface area contributed by atoms with E-state index in [0.717, 1.165) is 0 Å². The zero-order valence-corrected chi connectivity index (χ0v) is 11.6. The van der Waals surface area contributed by atoms with Gasteiger partial charge < -0.3 is 14.9 Å². The molecule has 1 saturated heterocycles. The van der Waals surface area contributed by atoms with Gasteiger partial charge in [0.1, 0.15) is 6.10 Å². The molecule has 0 spiro atoms. The Bertz CT molecular complexity index is 441. The summed E-state index contributed by atoms with van der Waals surface area (Å²) in [5.41, 5.74) is -0.637. The van der Waals surface area contributed by atoms with Crippen LogP contribution in [0.2, 0.25) is 0 Å². The van der Waals surface area contributed by atoms with Gasteiger partial charge in [0.2, 0.25) is 0 Å². The number of carbonyl (C=O) groups excluding carboxylic acids is 1. The Morgan fingerprint density at radius 2 is 2.11 bits per heavy atom. The molecule has 4 heteroatoms. The second-order valence-electron chi connectivity index (χ2n) is 6.99. The SMILES string of the molecule is C=C1C(=O)O[C@@H]2C[C@]3(C)[C@@H](O)CC[C@@](C)(O)[C@H]3C[C@@H]12.